The van der Waals surface area contributed by atoms with Gasteiger partial charge in [0.1, 0.15) is 0 Å². The molecule has 0 radical (unpaired) electrons. The summed E-state index contributed by atoms with van der Waals surface area (Å²) in [5, 5.41) is 0. The van der Waals surface area contributed by atoms with Gasteiger partial charge < -0.3 is 0 Å². The van der Waals surface area contributed by atoms with E-state index in [-0.39, 0.29) is 0 Å². The highest BCUT2D eigenvalue weighted by atomic mass is 14.3. The van der Waals surface area contributed by atoms with Crippen LogP contribution in [0, 0.1) is 23.7 Å². The average Bonchev–Trinajstić information content (AvgIpc) is 2.54. The summed E-state index contributed by atoms with van der Waals surface area (Å²) in [4.78, 5) is 0. The molecule has 2 saturated carbocycles. The Bertz CT molecular complexity index is 249. The molecule has 0 N–H and O–H groups in total. The van der Waals surface area contributed by atoms with E-state index in [1.54, 1.807) is 44.9 Å². The highest BCUT2D eigenvalue weighted by Crippen LogP contribution is 2.38. The molecule has 0 aliphatic heterocycles. The summed E-state index contributed by atoms with van der Waals surface area (Å²) >= 11 is 0. The van der Waals surface area contributed by atoms with E-state index in [0.29, 0.717) is 0 Å². The van der Waals surface area contributed by atoms with E-state index in [1.165, 1.54) is 51.4 Å². The van der Waals surface area contributed by atoms with Gasteiger partial charge in [-0.1, -0.05) is 104 Å². The molecule has 0 amide bonds. The van der Waals surface area contributed by atoms with Gasteiger partial charge in [-0.25, -0.2) is 0 Å². The molecular weight excluding hydrogens is 252 g/mol. The number of unbranched alkanes of at least 4 members (excludes halogenated alkanes) is 2. The molecule has 0 heterocycles. The van der Waals surface area contributed by atoms with Gasteiger partial charge in [0.25, 0.3) is 0 Å². The van der Waals surface area contributed by atoms with E-state index < -0.39 is 0 Å². The maximum atomic E-state index is 2.38. The quantitative estimate of drug-likeness (QED) is 0.410. The molecule has 2 aliphatic carbocycles. The SMILES string of the molecule is CCCCCC1CCCC(CCC2CCC(CC)CC2)C1. The van der Waals surface area contributed by atoms with Crippen molar-refractivity contribution in [2.24, 2.45) is 23.7 Å². The van der Waals surface area contributed by atoms with Crippen LogP contribution in [0.4, 0.5) is 0 Å². The zero-order valence-corrected chi connectivity index (χ0v) is 14.9. The molecule has 0 aromatic carbocycles. The van der Waals surface area contributed by atoms with Gasteiger partial charge in [0.15, 0.2) is 0 Å². The maximum Gasteiger partial charge on any atom is -0.0412 e. The van der Waals surface area contributed by atoms with Crippen LogP contribution in [0.1, 0.15) is 110 Å². The van der Waals surface area contributed by atoms with Gasteiger partial charge in [0, 0.05) is 0 Å². The summed E-state index contributed by atoms with van der Waals surface area (Å²) in [6.07, 6.45) is 22.8. The van der Waals surface area contributed by atoms with Crippen molar-refractivity contribution in [3.8, 4) is 0 Å². The van der Waals surface area contributed by atoms with Crippen molar-refractivity contribution in [2.45, 2.75) is 110 Å². The monoisotopic (exact) mass is 292 g/mol. The minimum Gasteiger partial charge on any atom is -0.0654 e. The molecule has 2 rings (SSSR count). The second-order valence-electron chi connectivity index (χ2n) is 8.27. The first-order valence-electron chi connectivity index (χ1n) is 10.3. The molecule has 2 atom stereocenters. The number of rotatable bonds is 8. The summed E-state index contributed by atoms with van der Waals surface area (Å²) in [5.41, 5.74) is 0. The zero-order valence-electron chi connectivity index (χ0n) is 14.9. The lowest BCUT2D eigenvalue weighted by Crippen LogP contribution is -2.18. The summed E-state index contributed by atoms with van der Waals surface area (Å²) in [7, 11) is 0. The predicted octanol–water partition coefficient (Wildman–Crippen LogP) is 7.37. The molecule has 2 unspecified atom stereocenters. The van der Waals surface area contributed by atoms with E-state index in [2.05, 4.69) is 13.8 Å². The maximum absolute atomic E-state index is 2.38. The Hall–Kier alpha value is 0. The topological polar surface area (TPSA) is 0 Å². The van der Waals surface area contributed by atoms with Crippen molar-refractivity contribution in [3.63, 3.8) is 0 Å². The molecule has 0 heteroatoms. The van der Waals surface area contributed by atoms with Crippen LogP contribution in [-0.2, 0) is 0 Å². The third-order valence-electron chi connectivity index (χ3n) is 6.63. The van der Waals surface area contributed by atoms with Gasteiger partial charge >= 0.3 is 0 Å². The van der Waals surface area contributed by atoms with Crippen LogP contribution in [0.2, 0.25) is 0 Å². The second kappa shape index (κ2) is 9.90. The van der Waals surface area contributed by atoms with Crippen LogP contribution < -0.4 is 0 Å². The Kier molecular flexibility index (Phi) is 8.19. The van der Waals surface area contributed by atoms with E-state index >= 15 is 0 Å². The molecule has 2 fully saturated rings. The van der Waals surface area contributed by atoms with Gasteiger partial charge in [-0.2, -0.15) is 0 Å². The van der Waals surface area contributed by atoms with E-state index in [0.717, 1.165) is 23.7 Å². The molecular formula is C21H40. The van der Waals surface area contributed by atoms with Crippen LogP contribution in [0.5, 0.6) is 0 Å². The van der Waals surface area contributed by atoms with Gasteiger partial charge in [0.05, 0.1) is 0 Å². The molecule has 2 aliphatic rings. The lowest BCUT2D eigenvalue weighted by atomic mass is 9.74. The van der Waals surface area contributed by atoms with Crippen molar-refractivity contribution in [1.29, 1.82) is 0 Å². The largest absolute Gasteiger partial charge is 0.0654 e. The highest BCUT2D eigenvalue weighted by Gasteiger charge is 2.24. The van der Waals surface area contributed by atoms with Crippen LogP contribution in [0.15, 0.2) is 0 Å². The minimum atomic E-state index is 1.07. The molecule has 0 aromatic heterocycles. The van der Waals surface area contributed by atoms with Gasteiger partial charge in [-0.3, -0.25) is 0 Å². The second-order valence-corrected chi connectivity index (χ2v) is 8.27. The van der Waals surface area contributed by atoms with Gasteiger partial charge in [0.2, 0.25) is 0 Å². The van der Waals surface area contributed by atoms with Crippen molar-refractivity contribution >= 4 is 0 Å². The smallest absolute Gasteiger partial charge is 0.0412 e. The van der Waals surface area contributed by atoms with Crippen molar-refractivity contribution in [2.75, 3.05) is 0 Å². The van der Waals surface area contributed by atoms with Crippen LogP contribution in [-0.4, -0.2) is 0 Å². The molecule has 0 nitrogen and oxygen atoms in total. The predicted molar refractivity (Wildman–Crippen MR) is 94.6 cm³/mol. The fourth-order valence-electron chi connectivity index (χ4n) is 5.01. The van der Waals surface area contributed by atoms with Crippen LogP contribution >= 0.6 is 0 Å². The first-order chi connectivity index (χ1) is 10.3. The fraction of sp³-hybridized carbons (Fsp3) is 1.00. The average molecular weight is 293 g/mol. The Balaban J connectivity index is 1.59. The summed E-state index contributed by atoms with van der Waals surface area (Å²) in [5.74, 6) is 4.34. The van der Waals surface area contributed by atoms with Crippen molar-refractivity contribution in [3.05, 3.63) is 0 Å². The lowest BCUT2D eigenvalue weighted by Gasteiger charge is -2.32. The Morgan fingerprint density at radius 3 is 1.90 bits per heavy atom. The van der Waals surface area contributed by atoms with E-state index in [4.69, 9.17) is 0 Å². The molecule has 124 valence electrons. The Morgan fingerprint density at radius 2 is 1.24 bits per heavy atom. The fourth-order valence-corrected chi connectivity index (χ4v) is 5.01. The lowest BCUT2D eigenvalue weighted by molar-refractivity contribution is 0.204. The van der Waals surface area contributed by atoms with E-state index in [1.807, 2.05) is 0 Å². The molecule has 0 spiro atoms. The molecule has 0 aromatic rings. The standard InChI is InChI=1S/C21H40/c1-3-5-6-8-20-9-7-10-21(17-20)16-15-19-13-11-18(4-2)12-14-19/h18-21H,3-17H2,1-2H3. The highest BCUT2D eigenvalue weighted by molar-refractivity contribution is 4.77. The summed E-state index contributed by atoms with van der Waals surface area (Å²) in [6.45, 7) is 4.71. The summed E-state index contributed by atoms with van der Waals surface area (Å²) < 4.78 is 0. The Morgan fingerprint density at radius 1 is 0.619 bits per heavy atom. The van der Waals surface area contributed by atoms with Crippen LogP contribution in [0.25, 0.3) is 0 Å². The third kappa shape index (κ3) is 6.33. The molecule has 0 saturated heterocycles. The van der Waals surface area contributed by atoms with E-state index in [9.17, 15) is 0 Å². The van der Waals surface area contributed by atoms with Gasteiger partial charge in [-0.15, -0.1) is 0 Å². The Labute approximate surface area is 134 Å². The first-order valence-corrected chi connectivity index (χ1v) is 10.3. The first kappa shape index (κ1) is 17.4. The summed E-state index contributed by atoms with van der Waals surface area (Å²) in [6, 6.07) is 0. The third-order valence-corrected chi connectivity index (χ3v) is 6.63. The minimum absolute atomic E-state index is 1.07. The normalized spacial score (nSPS) is 34.0. The zero-order chi connectivity index (χ0) is 14.9. The van der Waals surface area contributed by atoms with Gasteiger partial charge in [-0.05, 0) is 30.1 Å². The van der Waals surface area contributed by atoms with Crippen LogP contribution in [0.3, 0.4) is 0 Å². The molecule has 0 bridgehead atoms. The van der Waals surface area contributed by atoms with Crippen molar-refractivity contribution in [1.82, 2.24) is 0 Å². The van der Waals surface area contributed by atoms with Crippen molar-refractivity contribution < 1.29 is 0 Å². The number of hydrogen-bond donors (Lipinski definition) is 0. The molecule has 21 heavy (non-hydrogen) atoms. The number of hydrogen-bond acceptors (Lipinski definition) is 0.